The normalized spacial score (nSPS) is 14.4. The number of nitrogens with one attached hydrogen (secondary N) is 1. The fraction of sp³-hybridized carbons (Fsp3) is 0.790. The van der Waals surface area contributed by atoms with Gasteiger partial charge >= 0.3 is 0 Å². The van der Waals surface area contributed by atoms with E-state index in [1.807, 2.05) is 27.2 Å². The van der Waals surface area contributed by atoms with Gasteiger partial charge in [-0.2, -0.15) is 0 Å². The maximum atomic E-state index is 12.9. The van der Waals surface area contributed by atoms with Crippen molar-refractivity contribution in [1.82, 2.24) is 5.32 Å². The number of phosphoric ester groups is 1. The molecule has 0 aliphatic rings. The summed E-state index contributed by atoms with van der Waals surface area (Å²) in [6.45, 7) is 4.60. The Kier molecular flexibility index (Phi) is 51.3. The first-order chi connectivity index (χ1) is 34.5. The first-order valence-electron chi connectivity index (χ1n) is 29.8. The second kappa shape index (κ2) is 52.8. The molecule has 0 spiro atoms. The van der Waals surface area contributed by atoms with Crippen molar-refractivity contribution in [1.29, 1.82) is 0 Å². The third kappa shape index (κ3) is 55.5. The molecule has 8 nitrogen and oxygen atoms in total. The minimum atomic E-state index is -4.62. The maximum Gasteiger partial charge on any atom is 0.268 e. The van der Waals surface area contributed by atoms with E-state index in [0.29, 0.717) is 17.4 Å². The van der Waals surface area contributed by atoms with Crippen molar-refractivity contribution >= 4 is 13.7 Å². The van der Waals surface area contributed by atoms with Crippen molar-refractivity contribution < 1.29 is 32.9 Å². The van der Waals surface area contributed by atoms with Gasteiger partial charge in [-0.25, -0.2) is 0 Å². The Balaban J connectivity index is 4.26. The number of carbonyl (C=O) groups is 1. The van der Waals surface area contributed by atoms with Gasteiger partial charge in [-0.15, -0.1) is 0 Å². The fourth-order valence-corrected chi connectivity index (χ4v) is 9.15. The van der Waals surface area contributed by atoms with E-state index in [2.05, 4.69) is 79.9 Å². The number of aliphatic hydroxyl groups is 1. The van der Waals surface area contributed by atoms with Gasteiger partial charge in [0, 0.05) is 6.42 Å². The maximum absolute atomic E-state index is 12.9. The van der Waals surface area contributed by atoms with Gasteiger partial charge in [0.05, 0.1) is 39.9 Å². The van der Waals surface area contributed by atoms with Crippen LogP contribution in [-0.2, 0) is 18.4 Å². The van der Waals surface area contributed by atoms with E-state index in [-0.39, 0.29) is 12.5 Å². The molecule has 0 heterocycles. The van der Waals surface area contributed by atoms with Gasteiger partial charge in [0.25, 0.3) is 7.82 Å². The number of phosphoric acid groups is 1. The fourth-order valence-electron chi connectivity index (χ4n) is 8.43. The number of carbonyl (C=O) groups excluding carboxylic acids is 1. The van der Waals surface area contributed by atoms with Gasteiger partial charge < -0.3 is 28.8 Å². The standard InChI is InChI=1S/C62H115N2O6P/c1-6-8-10-12-14-16-18-20-22-24-26-27-28-29-30-31-32-33-34-35-36-38-39-41-43-45-47-49-51-53-55-61(65)60(59-70-71(67,68)69-58-57-64(3,4)5)63-62(66)56-54-52-50-48-46-44-42-40-37-25-23-21-19-17-15-13-11-9-7-2/h15,17,21,23,37-40,45,47,53,55,60-61,65H,6-14,16,18-20,22,24-36,41-44,46,48-52,54,56-59H2,1-5H3,(H-,63,66,67,68)/b17-15-,23-21-,39-38+,40-37-,47-45+,55-53+. The molecule has 0 saturated carbocycles. The Morgan fingerprint density at radius 1 is 0.493 bits per heavy atom. The molecular weight excluding hydrogens is 900 g/mol. The van der Waals surface area contributed by atoms with Crippen LogP contribution in [-0.4, -0.2) is 68.5 Å². The molecule has 414 valence electrons. The Morgan fingerprint density at radius 3 is 1.27 bits per heavy atom. The van der Waals surface area contributed by atoms with Crippen LogP contribution in [0.25, 0.3) is 0 Å². The SMILES string of the molecule is CCCCC/C=C\C/C=C\C/C=C\CCCCCCCCC(=O)NC(COP(=O)([O-])OCC[N+](C)(C)C)C(O)/C=C/CC/C=C/CC/C=C/CCCCCCCCCCCCCCCCCCCCCC. The summed E-state index contributed by atoms with van der Waals surface area (Å²) in [4.78, 5) is 25.5. The van der Waals surface area contributed by atoms with Gasteiger partial charge in [0.15, 0.2) is 0 Å². The predicted octanol–water partition coefficient (Wildman–Crippen LogP) is 17.6. The molecule has 0 radical (unpaired) electrons. The predicted molar refractivity (Wildman–Crippen MR) is 307 cm³/mol. The van der Waals surface area contributed by atoms with Crippen LogP contribution in [0.1, 0.15) is 264 Å². The number of amides is 1. The second-order valence-electron chi connectivity index (χ2n) is 21.3. The Hall–Kier alpha value is -2.06. The van der Waals surface area contributed by atoms with E-state index in [1.54, 1.807) is 6.08 Å². The minimum Gasteiger partial charge on any atom is -0.756 e. The monoisotopic (exact) mass is 1010 g/mol. The van der Waals surface area contributed by atoms with Crippen LogP contribution < -0.4 is 10.2 Å². The highest BCUT2D eigenvalue weighted by Crippen LogP contribution is 2.38. The molecule has 71 heavy (non-hydrogen) atoms. The average Bonchev–Trinajstić information content (AvgIpc) is 3.33. The molecule has 2 N–H and O–H groups in total. The molecule has 0 saturated heterocycles. The number of rotatable bonds is 54. The molecule has 1 amide bonds. The number of hydrogen-bond donors (Lipinski definition) is 2. The van der Waals surface area contributed by atoms with E-state index in [1.165, 1.54) is 173 Å². The summed E-state index contributed by atoms with van der Waals surface area (Å²) >= 11 is 0. The van der Waals surface area contributed by atoms with Gasteiger partial charge in [0.1, 0.15) is 13.2 Å². The number of aliphatic hydroxyl groups excluding tert-OH is 1. The molecule has 0 aromatic rings. The third-order valence-corrected chi connectivity index (χ3v) is 14.1. The zero-order chi connectivity index (χ0) is 52.0. The van der Waals surface area contributed by atoms with Crippen molar-refractivity contribution in [2.45, 2.75) is 276 Å². The Bertz CT molecular complexity index is 1380. The van der Waals surface area contributed by atoms with Crippen molar-refractivity contribution in [3.05, 3.63) is 72.9 Å². The molecule has 0 aliphatic carbocycles. The highest BCUT2D eigenvalue weighted by Gasteiger charge is 2.23. The van der Waals surface area contributed by atoms with E-state index in [4.69, 9.17) is 9.05 Å². The summed E-state index contributed by atoms with van der Waals surface area (Å²) in [7, 11) is 1.22. The van der Waals surface area contributed by atoms with Gasteiger partial charge in [-0.1, -0.05) is 247 Å². The number of likely N-dealkylation sites (N-methyl/N-ethyl adjacent to an activating group) is 1. The number of nitrogens with zero attached hydrogens (tertiary/aromatic N) is 1. The lowest BCUT2D eigenvalue weighted by atomic mass is 10.0. The second-order valence-corrected chi connectivity index (χ2v) is 22.7. The molecule has 9 heteroatoms. The van der Waals surface area contributed by atoms with Crippen LogP contribution in [0.3, 0.4) is 0 Å². The third-order valence-electron chi connectivity index (χ3n) is 13.1. The molecule has 3 atom stereocenters. The van der Waals surface area contributed by atoms with Crippen LogP contribution >= 0.6 is 7.82 Å². The number of unbranched alkanes of at least 4 members (excludes halogenated alkanes) is 31. The highest BCUT2D eigenvalue weighted by molar-refractivity contribution is 7.45. The molecule has 0 aliphatic heterocycles. The molecule has 0 rings (SSSR count). The zero-order valence-corrected chi connectivity index (χ0v) is 48.1. The lowest BCUT2D eigenvalue weighted by Crippen LogP contribution is -2.45. The molecule has 3 unspecified atom stereocenters. The smallest absolute Gasteiger partial charge is 0.268 e. The zero-order valence-electron chi connectivity index (χ0n) is 47.2. The summed E-state index contributed by atoms with van der Waals surface area (Å²) in [5, 5.41) is 13.9. The van der Waals surface area contributed by atoms with Gasteiger partial charge in [0.2, 0.25) is 5.91 Å². The van der Waals surface area contributed by atoms with Crippen molar-refractivity contribution in [2.24, 2.45) is 0 Å². The van der Waals surface area contributed by atoms with Crippen molar-refractivity contribution in [3.63, 3.8) is 0 Å². The van der Waals surface area contributed by atoms with E-state index in [0.717, 1.165) is 70.6 Å². The quantitative estimate of drug-likeness (QED) is 0.0272. The van der Waals surface area contributed by atoms with Crippen molar-refractivity contribution in [2.75, 3.05) is 40.9 Å². The van der Waals surface area contributed by atoms with Crippen LogP contribution in [0, 0.1) is 0 Å². The first-order valence-corrected chi connectivity index (χ1v) is 31.3. The largest absolute Gasteiger partial charge is 0.756 e. The Labute approximate surface area is 440 Å². The summed E-state index contributed by atoms with van der Waals surface area (Å²) in [6.07, 6.45) is 72.8. The number of quaternary nitrogens is 1. The summed E-state index contributed by atoms with van der Waals surface area (Å²) < 4.78 is 23.3. The number of allylic oxidation sites excluding steroid dienone is 11. The van der Waals surface area contributed by atoms with Crippen LogP contribution in [0.2, 0.25) is 0 Å². The molecule has 0 aromatic carbocycles. The van der Waals surface area contributed by atoms with E-state index in [9.17, 15) is 19.4 Å². The summed E-state index contributed by atoms with van der Waals surface area (Å²) in [6, 6.07) is -0.922. The van der Waals surface area contributed by atoms with Gasteiger partial charge in [-0.05, 0) is 83.5 Å². The average molecular weight is 1020 g/mol. The van der Waals surface area contributed by atoms with Crippen molar-refractivity contribution in [3.8, 4) is 0 Å². The summed E-state index contributed by atoms with van der Waals surface area (Å²) in [5.41, 5.74) is 0. The molecule has 0 aromatic heterocycles. The first kappa shape index (κ1) is 68.9. The van der Waals surface area contributed by atoms with Crippen LogP contribution in [0.4, 0.5) is 0 Å². The minimum absolute atomic E-state index is 0.0148. The lowest BCUT2D eigenvalue weighted by molar-refractivity contribution is -0.870. The Morgan fingerprint density at radius 2 is 0.831 bits per heavy atom. The van der Waals surface area contributed by atoms with E-state index < -0.39 is 26.6 Å². The topological polar surface area (TPSA) is 108 Å². The van der Waals surface area contributed by atoms with Crippen LogP contribution in [0.5, 0.6) is 0 Å². The number of hydrogen-bond acceptors (Lipinski definition) is 6. The van der Waals surface area contributed by atoms with Gasteiger partial charge in [-0.3, -0.25) is 9.36 Å². The molecule has 0 fully saturated rings. The summed E-state index contributed by atoms with van der Waals surface area (Å²) in [5.74, 6) is -0.224. The molecular formula is C62H115N2O6P. The lowest BCUT2D eigenvalue weighted by Gasteiger charge is -2.29. The van der Waals surface area contributed by atoms with E-state index >= 15 is 0 Å². The van der Waals surface area contributed by atoms with Crippen LogP contribution in [0.15, 0.2) is 72.9 Å². The highest BCUT2D eigenvalue weighted by atomic mass is 31.2. The molecule has 0 bridgehead atoms.